The molecule has 0 bridgehead atoms. The number of benzene rings is 1. The van der Waals surface area contributed by atoms with Gasteiger partial charge >= 0.3 is 35.3 Å². The number of aliphatic hydroxyl groups is 2. The molecular formula is C19H24AgF6IrNO8S2-3. The van der Waals surface area contributed by atoms with Crippen molar-refractivity contribution < 1.29 is 102 Å². The number of aromatic nitrogens is 1. The molecule has 0 amide bonds. The van der Waals surface area contributed by atoms with Crippen molar-refractivity contribution in [1.82, 2.24) is 4.98 Å². The van der Waals surface area contributed by atoms with Crippen LogP contribution in [0.5, 0.6) is 0 Å². The van der Waals surface area contributed by atoms with Gasteiger partial charge in [0, 0.05) is 51.2 Å². The van der Waals surface area contributed by atoms with Crippen molar-refractivity contribution in [3.05, 3.63) is 54.2 Å². The van der Waals surface area contributed by atoms with Crippen LogP contribution in [0.4, 0.5) is 26.3 Å². The van der Waals surface area contributed by atoms with Gasteiger partial charge in [-0.3, -0.25) is 0 Å². The molecule has 0 saturated carbocycles. The first-order chi connectivity index (χ1) is 16.8. The Hall–Kier alpha value is -1.08. The number of hydrogen-bond acceptors (Lipinski definition) is 10. The number of nitrogens with zero attached hydrogens (tertiary/aromatic N) is 1. The summed E-state index contributed by atoms with van der Waals surface area (Å²) in [5, 5.41) is 14.0. The topological polar surface area (TPSA) is 162 Å². The van der Waals surface area contributed by atoms with Crippen LogP contribution in [0, 0.1) is 6.07 Å². The van der Waals surface area contributed by atoms with E-state index < -0.39 is 31.8 Å². The number of alkyl halides is 6. The Bertz CT molecular complexity index is 1020. The van der Waals surface area contributed by atoms with Gasteiger partial charge in [-0.25, -0.2) is 8.42 Å². The third-order valence-electron chi connectivity index (χ3n) is 3.09. The predicted molar refractivity (Wildman–Crippen MR) is 115 cm³/mol. The van der Waals surface area contributed by atoms with Gasteiger partial charge in [-0.05, 0) is 17.2 Å². The Balaban J connectivity index is -0.000000141. The van der Waals surface area contributed by atoms with Gasteiger partial charge in [-0.15, -0.1) is 35.4 Å². The van der Waals surface area contributed by atoms with Crippen LogP contribution in [0.1, 0.15) is 26.3 Å². The average molecular weight is 873 g/mol. The average Bonchev–Trinajstić information content (AvgIpc) is 2.82. The predicted octanol–water partition coefficient (Wildman–Crippen LogP) is 3.81. The molecule has 0 atom stereocenters. The number of aliphatic hydroxyl groups excluding tert-OH is 2. The molecular weight excluding hydrogens is 848 g/mol. The zero-order valence-corrected chi connectivity index (χ0v) is 25.6. The van der Waals surface area contributed by atoms with Crippen molar-refractivity contribution in [2.45, 2.75) is 37.2 Å². The van der Waals surface area contributed by atoms with E-state index >= 15 is 0 Å². The molecule has 1 heterocycles. The van der Waals surface area contributed by atoms with Gasteiger partial charge in [0.15, 0.2) is 10.1 Å². The van der Waals surface area contributed by atoms with E-state index in [4.69, 9.17) is 34.9 Å². The second-order valence-corrected chi connectivity index (χ2v) is 8.84. The normalized spacial score (nSPS) is 10.6. The van der Waals surface area contributed by atoms with Gasteiger partial charge in [0.1, 0.15) is 0 Å². The molecule has 1 aromatic carbocycles. The third-order valence-corrected chi connectivity index (χ3v) is 4.04. The summed E-state index contributed by atoms with van der Waals surface area (Å²) in [7, 11) is -8.02. The maximum absolute atomic E-state index is 10.7. The van der Waals surface area contributed by atoms with Crippen LogP contribution in [0.25, 0.3) is 11.3 Å². The maximum atomic E-state index is 10.7. The first-order valence-corrected chi connectivity index (χ1v) is 12.0. The summed E-state index contributed by atoms with van der Waals surface area (Å²) in [6, 6.07) is 15.5. The third kappa shape index (κ3) is 22.9. The van der Waals surface area contributed by atoms with E-state index in [9.17, 15) is 26.3 Å². The van der Waals surface area contributed by atoms with E-state index in [-0.39, 0.29) is 25.5 Å². The van der Waals surface area contributed by atoms with E-state index in [1.165, 1.54) is 5.56 Å². The molecule has 0 fully saturated rings. The minimum absolute atomic E-state index is 0. The number of rotatable bonds is 1. The van der Waals surface area contributed by atoms with Gasteiger partial charge in [0.25, 0.3) is 0 Å². The minimum atomic E-state index is -6.09. The Morgan fingerprint density at radius 3 is 1.53 bits per heavy atom. The quantitative estimate of drug-likeness (QED) is 0.109. The van der Waals surface area contributed by atoms with Crippen LogP contribution in [-0.4, -0.2) is 53.4 Å². The molecule has 19 heteroatoms. The molecule has 0 aliphatic heterocycles. The molecule has 2 N–H and O–H groups in total. The van der Waals surface area contributed by atoms with Crippen molar-refractivity contribution >= 4 is 20.8 Å². The van der Waals surface area contributed by atoms with Gasteiger partial charge in [0.05, 0.1) is 0 Å². The second-order valence-electron chi connectivity index (χ2n) is 6.54. The first-order valence-electron chi connectivity index (χ1n) is 8.90. The first kappa shape index (κ1) is 46.8. The molecule has 0 aliphatic rings. The van der Waals surface area contributed by atoms with E-state index in [0.717, 1.165) is 25.5 Å². The fraction of sp³-hybridized carbons (Fsp3) is 0.421. The van der Waals surface area contributed by atoms with Crippen LogP contribution in [0.15, 0.2) is 42.6 Å². The van der Waals surface area contributed by atoms with Crippen LogP contribution >= 0.6 is 0 Å². The van der Waals surface area contributed by atoms with Crippen molar-refractivity contribution in [3.8, 4) is 11.3 Å². The van der Waals surface area contributed by atoms with Gasteiger partial charge in [0.2, 0.25) is 0 Å². The van der Waals surface area contributed by atoms with Gasteiger partial charge in [-0.1, -0.05) is 32.9 Å². The van der Waals surface area contributed by atoms with E-state index in [1.54, 1.807) is 27.2 Å². The van der Waals surface area contributed by atoms with Crippen molar-refractivity contribution in [2.75, 3.05) is 14.2 Å². The number of hydrogen-bond donors (Lipinski definition) is 2. The Morgan fingerprint density at radius 2 is 1.32 bits per heavy atom. The summed E-state index contributed by atoms with van der Waals surface area (Å²) >= 11 is 1.70. The second kappa shape index (κ2) is 22.7. The molecule has 1 aromatic heterocycles. The molecule has 2 rings (SSSR count). The molecule has 0 saturated heterocycles. The summed E-state index contributed by atoms with van der Waals surface area (Å²) in [4.78, 5) is 4.31. The Labute approximate surface area is 244 Å². The number of pyridine rings is 1. The summed E-state index contributed by atoms with van der Waals surface area (Å²) in [5.41, 5.74) is -7.23. The Morgan fingerprint density at radius 1 is 0.921 bits per heavy atom. The summed E-state index contributed by atoms with van der Waals surface area (Å²) < 4.78 is 116. The van der Waals surface area contributed by atoms with E-state index in [0.29, 0.717) is 0 Å². The van der Waals surface area contributed by atoms with Crippen molar-refractivity contribution in [3.63, 3.8) is 0 Å². The van der Waals surface area contributed by atoms with Gasteiger partial charge < -0.3 is 28.2 Å². The van der Waals surface area contributed by atoms with Crippen LogP contribution < -0.4 is 0 Å². The molecule has 1 radical (unpaired) electrons. The Kier molecular flexibility index (Phi) is 27.9. The monoisotopic (exact) mass is 872 g/mol. The van der Waals surface area contributed by atoms with E-state index in [2.05, 4.69) is 50.0 Å². The zero-order valence-electron chi connectivity index (χ0n) is 20.1. The van der Waals surface area contributed by atoms with Crippen molar-refractivity contribution in [2.24, 2.45) is 0 Å². The standard InChI is InChI=1S/C15H16N.CHF3O3S.CF3O2S.2CH4O.Ag.Ir.O/c1-15(2,3)13-9-7-12(8-10-13)14-6-4-5-11-16-14;2-1(3,4)8(5,6)7;2-1(3,4)7(5)6;2*1-2;;;/h4-7,9-11H,1-3H3;(H,5,6,7);;2*2H,1H3;;;/q-1;;-1;;;;;/p-1. The summed E-state index contributed by atoms with van der Waals surface area (Å²) in [5.74, 6) is 0. The number of halogens is 6. The summed E-state index contributed by atoms with van der Waals surface area (Å²) in [6.45, 7) is 6.61. The molecule has 0 aliphatic carbocycles. The summed E-state index contributed by atoms with van der Waals surface area (Å²) in [6.07, 6.45) is 1.81. The molecule has 0 spiro atoms. The molecule has 0 unspecified atom stereocenters. The fourth-order valence-corrected chi connectivity index (χ4v) is 1.57. The van der Waals surface area contributed by atoms with Crippen LogP contribution in [-0.2, 0) is 79.1 Å². The van der Waals surface area contributed by atoms with E-state index in [1.807, 2.05) is 18.2 Å². The van der Waals surface area contributed by atoms with Gasteiger partial charge in [-0.2, -0.15) is 26.3 Å². The molecule has 9 nitrogen and oxygen atoms in total. The van der Waals surface area contributed by atoms with Crippen molar-refractivity contribution in [1.29, 1.82) is 0 Å². The SMILES string of the molecule is CC(C)(C)c1c[c-]c(-c2ccccn2)cc1.CO.CO.O=S(=O)([O-])C(F)(F)F.O=[S-](=O)C(F)(F)F.[Ir].[O]=[Ag]. The zero-order chi connectivity index (χ0) is 30.7. The van der Waals surface area contributed by atoms with Crippen LogP contribution in [0.2, 0.25) is 0 Å². The fourth-order valence-electron chi connectivity index (χ4n) is 1.57. The molecule has 38 heavy (non-hydrogen) atoms. The van der Waals surface area contributed by atoms with Crippen LogP contribution in [0.3, 0.4) is 0 Å². The molecule has 230 valence electrons. The molecule has 2 aromatic rings.